The third-order valence-corrected chi connectivity index (χ3v) is 5.78. The fraction of sp³-hybridized carbons (Fsp3) is 0.579. The molecule has 0 radical (unpaired) electrons. The number of likely N-dealkylation sites (tertiary alicyclic amines) is 2. The van der Waals surface area contributed by atoms with Crippen LogP contribution in [-0.2, 0) is 4.79 Å². The molecule has 2 heterocycles. The van der Waals surface area contributed by atoms with Gasteiger partial charge < -0.3 is 14.9 Å². The van der Waals surface area contributed by atoms with E-state index in [1.54, 1.807) is 24.0 Å². The number of carbonyl (C=O) groups is 2. The number of nitrogens with zero attached hydrogens (tertiary/aromatic N) is 2. The van der Waals surface area contributed by atoms with Gasteiger partial charge in [0.25, 0.3) is 5.91 Å². The van der Waals surface area contributed by atoms with Gasteiger partial charge in [0.1, 0.15) is 0 Å². The van der Waals surface area contributed by atoms with Crippen molar-refractivity contribution < 1.29 is 14.7 Å². The summed E-state index contributed by atoms with van der Waals surface area (Å²) in [5.41, 5.74) is 0.620. The zero-order valence-electron chi connectivity index (χ0n) is 14.6. The lowest BCUT2D eigenvalue weighted by Gasteiger charge is -2.47. The van der Waals surface area contributed by atoms with E-state index in [0.29, 0.717) is 43.2 Å². The number of hydrogen-bond acceptors (Lipinski definition) is 3. The van der Waals surface area contributed by atoms with Crippen LogP contribution in [0, 0.1) is 5.41 Å². The van der Waals surface area contributed by atoms with Gasteiger partial charge in [0, 0.05) is 32.6 Å². The van der Waals surface area contributed by atoms with Crippen molar-refractivity contribution in [3.8, 4) is 0 Å². The fourth-order valence-electron chi connectivity index (χ4n) is 3.98. The van der Waals surface area contributed by atoms with Gasteiger partial charge in [-0.15, -0.1) is 0 Å². The van der Waals surface area contributed by atoms with Crippen molar-refractivity contribution in [1.82, 2.24) is 9.80 Å². The quantitative estimate of drug-likeness (QED) is 0.896. The Labute approximate surface area is 153 Å². The van der Waals surface area contributed by atoms with Crippen molar-refractivity contribution >= 4 is 23.4 Å². The molecule has 0 saturated carbocycles. The zero-order chi connectivity index (χ0) is 18.0. The molecule has 0 aliphatic carbocycles. The highest BCUT2D eigenvalue weighted by Crippen LogP contribution is 2.40. The molecule has 1 aromatic carbocycles. The van der Waals surface area contributed by atoms with Crippen LogP contribution < -0.4 is 0 Å². The maximum absolute atomic E-state index is 12.7. The summed E-state index contributed by atoms with van der Waals surface area (Å²) < 4.78 is 0. The van der Waals surface area contributed by atoms with Crippen LogP contribution in [0.1, 0.15) is 43.0 Å². The van der Waals surface area contributed by atoms with Gasteiger partial charge in [-0.05, 0) is 43.7 Å². The lowest BCUT2D eigenvalue weighted by molar-refractivity contribution is -0.140. The number of halogens is 1. The average molecular weight is 365 g/mol. The Bertz CT molecular complexity index is 654. The smallest absolute Gasteiger partial charge is 0.255 e. The van der Waals surface area contributed by atoms with Gasteiger partial charge in [0.05, 0.1) is 16.7 Å². The van der Waals surface area contributed by atoms with Gasteiger partial charge in [0.15, 0.2) is 0 Å². The number of rotatable bonds is 3. The first kappa shape index (κ1) is 18.2. The third-order valence-electron chi connectivity index (χ3n) is 5.45. The van der Waals surface area contributed by atoms with Gasteiger partial charge in [0.2, 0.25) is 5.91 Å². The van der Waals surface area contributed by atoms with E-state index < -0.39 is 6.10 Å². The summed E-state index contributed by atoms with van der Waals surface area (Å²) in [5, 5.41) is 10.1. The second-order valence-corrected chi connectivity index (χ2v) is 7.80. The normalized spacial score (nSPS) is 21.5. The highest BCUT2D eigenvalue weighted by Gasteiger charge is 2.42. The molecule has 5 nitrogen and oxygen atoms in total. The monoisotopic (exact) mass is 364 g/mol. The van der Waals surface area contributed by atoms with Crippen LogP contribution in [0.4, 0.5) is 0 Å². The summed E-state index contributed by atoms with van der Waals surface area (Å²) in [7, 11) is 0. The number of carbonyl (C=O) groups excluding carboxylic acids is 2. The van der Waals surface area contributed by atoms with Crippen LogP contribution in [-0.4, -0.2) is 59.0 Å². The molecule has 2 amide bonds. The summed E-state index contributed by atoms with van der Waals surface area (Å²) in [6.07, 6.45) is 2.65. The molecular formula is C19H25ClN2O3. The van der Waals surface area contributed by atoms with Crippen molar-refractivity contribution in [1.29, 1.82) is 0 Å². The number of amides is 2. The first-order valence-electron chi connectivity index (χ1n) is 8.90. The predicted molar refractivity (Wildman–Crippen MR) is 96.5 cm³/mol. The van der Waals surface area contributed by atoms with E-state index in [0.717, 1.165) is 19.3 Å². The fourth-order valence-corrected chi connectivity index (χ4v) is 4.20. The van der Waals surface area contributed by atoms with Crippen LogP contribution in [0.3, 0.4) is 0 Å². The van der Waals surface area contributed by atoms with E-state index in [9.17, 15) is 14.7 Å². The maximum atomic E-state index is 12.7. The predicted octanol–water partition coefficient (Wildman–Crippen LogP) is 2.57. The molecule has 0 bridgehead atoms. The number of aliphatic hydroxyl groups is 1. The lowest BCUT2D eigenvalue weighted by Crippen LogP contribution is -2.53. The Morgan fingerprint density at radius 3 is 2.60 bits per heavy atom. The van der Waals surface area contributed by atoms with Crippen LogP contribution in [0.15, 0.2) is 24.3 Å². The molecule has 1 aromatic rings. The van der Waals surface area contributed by atoms with Crippen LogP contribution >= 0.6 is 11.6 Å². The van der Waals surface area contributed by atoms with Crippen LogP contribution in [0.25, 0.3) is 0 Å². The minimum absolute atomic E-state index is 0.0202. The Morgan fingerprint density at radius 2 is 1.96 bits per heavy atom. The average Bonchev–Trinajstić information content (AvgIpc) is 2.58. The van der Waals surface area contributed by atoms with E-state index >= 15 is 0 Å². The Hall–Kier alpha value is -1.59. The minimum atomic E-state index is -0.513. The number of aliphatic hydroxyl groups excluding tert-OH is 1. The molecule has 25 heavy (non-hydrogen) atoms. The molecule has 0 unspecified atom stereocenters. The maximum Gasteiger partial charge on any atom is 0.255 e. The lowest BCUT2D eigenvalue weighted by atomic mass is 9.72. The summed E-state index contributed by atoms with van der Waals surface area (Å²) in [5.74, 6) is 0.106. The molecular weight excluding hydrogens is 340 g/mol. The van der Waals surface area contributed by atoms with E-state index in [-0.39, 0.29) is 17.2 Å². The number of β-amino-alcohol motifs (C(OH)–C–C–N with tert-alkyl or cyclic N) is 1. The molecule has 2 saturated heterocycles. The summed E-state index contributed by atoms with van der Waals surface area (Å²) in [6.45, 7) is 4.15. The van der Waals surface area contributed by atoms with E-state index in [4.69, 9.17) is 11.6 Å². The number of piperidine rings is 2. The van der Waals surface area contributed by atoms with Gasteiger partial charge in [-0.3, -0.25) is 9.59 Å². The first-order chi connectivity index (χ1) is 11.9. The molecule has 2 aliphatic heterocycles. The number of hydrogen-bond donors (Lipinski definition) is 1. The summed E-state index contributed by atoms with van der Waals surface area (Å²) in [4.78, 5) is 28.4. The van der Waals surface area contributed by atoms with E-state index in [1.165, 1.54) is 0 Å². The minimum Gasteiger partial charge on any atom is -0.392 e. The van der Waals surface area contributed by atoms with Gasteiger partial charge in [-0.2, -0.15) is 0 Å². The number of benzene rings is 1. The summed E-state index contributed by atoms with van der Waals surface area (Å²) in [6, 6.07) is 7.14. The molecule has 0 aromatic heterocycles. The molecule has 1 atom stereocenters. The standard InChI is InChI=1S/C19H25ClN2O3/c1-14(23)12-22-13-19(7-6-17(22)24)8-10-21(11-9-19)18(25)15-4-2-3-5-16(15)20/h2-5,14,23H,6-13H2,1H3/t14-/m0/s1. The van der Waals surface area contributed by atoms with Crippen LogP contribution in [0.2, 0.25) is 5.02 Å². The Morgan fingerprint density at radius 1 is 1.28 bits per heavy atom. The van der Waals surface area contributed by atoms with Gasteiger partial charge in [-0.25, -0.2) is 0 Å². The van der Waals surface area contributed by atoms with E-state index in [1.807, 2.05) is 17.0 Å². The van der Waals surface area contributed by atoms with Crippen molar-refractivity contribution in [2.45, 2.75) is 38.7 Å². The molecule has 3 rings (SSSR count). The largest absolute Gasteiger partial charge is 0.392 e. The van der Waals surface area contributed by atoms with Crippen LogP contribution in [0.5, 0.6) is 0 Å². The zero-order valence-corrected chi connectivity index (χ0v) is 15.3. The first-order valence-corrected chi connectivity index (χ1v) is 9.28. The van der Waals surface area contributed by atoms with Crippen molar-refractivity contribution in [3.05, 3.63) is 34.9 Å². The molecule has 136 valence electrons. The highest BCUT2D eigenvalue weighted by molar-refractivity contribution is 6.33. The molecule has 1 N–H and O–H groups in total. The molecule has 2 aliphatic rings. The molecule has 2 fully saturated rings. The highest BCUT2D eigenvalue weighted by atomic mass is 35.5. The second-order valence-electron chi connectivity index (χ2n) is 7.40. The van der Waals surface area contributed by atoms with Gasteiger partial charge in [-0.1, -0.05) is 23.7 Å². The Kier molecular flexibility index (Phi) is 5.35. The van der Waals surface area contributed by atoms with E-state index in [2.05, 4.69) is 0 Å². The SMILES string of the molecule is C[C@H](O)CN1CC2(CCC1=O)CCN(C(=O)c1ccccc1Cl)CC2. The van der Waals surface area contributed by atoms with Gasteiger partial charge >= 0.3 is 0 Å². The Balaban J connectivity index is 1.64. The second kappa shape index (κ2) is 7.34. The molecule has 1 spiro atoms. The third kappa shape index (κ3) is 3.98. The topological polar surface area (TPSA) is 60.9 Å². The van der Waals surface area contributed by atoms with Crippen molar-refractivity contribution in [2.75, 3.05) is 26.2 Å². The summed E-state index contributed by atoms with van der Waals surface area (Å²) >= 11 is 6.15. The molecule has 6 heteroatoms. The van der Waals surface area contributed by atoms with Crippen molar-refractivity contribution in [3.63, 3.8) is 0 Å². The van der Waals surface area contributed by atoms with Crippen molar-refractivity contribution in [2.24, 2.45) is 5.41 Å².